The van der Waals surface area contributed by atoms with E-state index in [1.807, 2.05) is 11.4 Å². The number of thiazole rings is 1. The molecule has 2 unspecified atom stereocenters. The molecule has 2 fully saturated rings. The minimum Gasteiger partial charge on any atom is -0.465 e. The number of thiophene rings is 1. The smallest absolute Gasteiger partial charge is 0.407 e. The van der Waals surface area contributed by atoms with Crippen LogP contribution in [0.3, 0.4) is 0 Å². The van der Waals surface area contributed by atoms with Crippen molar-refractivity contribution in [3.63, 3.8) is 0 Å². The molecule has 1 aromatic carbocycles. The third-order valence-electron chi connectivity index (χ3n) is 7.01. The minimum atomic E-state index is -0.906. The van der Waals surface area contributed by atoms with Crippen LogP contribution < -0.4 is 10.2 Å². The number of amides is 2. The zero-order chi connectivity index (χ0) is 29.4. The highest BCUT2D eigenvalue weighted by Crippen LogP contribution is 2.45. The standard InChI is InChI=1S/C27H25Cl3N4O5S2/c1-3-39-25(36)13(2)6-17-18(29)7-15(8-19(17)30)23(35)32-26-31-22(21-9-16(28)12-40-21)24(41-26)33-10-14-4-5-34(27(37)38)20(14)11-33/h6-9,12,14,20H,3-5,10-11H2,1-2H3,(H,37,38)(H,31,32,35)/b13-6+. The van der Waals surface area contributed by atoms with Crippen LogP contribution in [0.25, 0.3) is 16.6 Å². The number of hydrogen-bond acceptors (Lipinski definition) is 8. The Morgan fingerprint density at radius 2 is 1.93 bits per heavy atom. The van der Waals surface area contributed by atoms with E-state index in [4.69, 9.17) is 44.5 Å². The number of benzene rings is 1. The summed E-state index contributed by atoms with van der Waals surface area (Å²) in [5.74, 6) is -0.714. The van der Waals surface area contributed by atoms with E-state index in [0.29, 0.717) is 46.6 Å². The molecule has 216 valence electrons. The van der Waals surface area contributed by atoms with Gasteiger partial charge in [0, 0.05) is 47.6 Å². The maximum absolute atomic E-state index is 13.3. The molecule has 2 amide bonds. The molecule has 0 bridgehead atoms. The van der Waals surface area contributed by atoms with Gasteiger partial charge in [-0.2, -0.15) is 0 Å². The van der Waals surface area contributed by atoms with Crippen molar-refractivity contribution >= 4 is 91.7 Å². The van der Waals surface area contributed by atoms with Crippen molar-refractivity contribution in [1.82, 2.24) is 9.88 Å². The van der Waals surface area contributed by atoms with Gasteiger partial charge in [0.05, 0.1) is 32.6 Å². The van der Waals surface area contributed by atoms with Crippen molar-refractivity contribution in [3.05, 3.63) is 55.3 Å². The van der Waals surface area contributed by atoms with Gasteiger partial charge >= 0.3 is 12.1 Å². The number of fused-ring (bicyclic) bond motifs is 1. The van der Waals surface area contributed by atoms with Gasteiger partial charge in [-0.25, -0.2) is 14.6 Å². The zero-order valence-corrected chi connectivity index (χ0v) is 25.9. The Bertz CT molecular complexity index is 1530. The van der Waals surface area contributed by atoms with Crippen LogP contribution in [0.1, 0.15) is 36.2 Å². The maximum Gasteiger partial charge on any atom is 0.407 e. The van der Waals surface area contributed by atoms with Crippen molar-refractivity contribution in [1.29, 1.82) is 0 Å². The van der Waals surface area contributed by atoms with Gasteiger partial charge in [0.2, 0.25) is 0 Å². The van der Waals surface area contributed by atoms with Gasteiger partial charge in [-0.1, -0.05) is 46.1 Å². The summed E-state index contributed by atoms with van der Waals surface area (Å²) in [5, 5.41) is 16.5. The predicted molar refractivity (Wildman–Crippen MR) is 164 cm³/mol. The third-order valence-corrected chi connectivity index (χ3v) is 9.95. The number of carbonyl (C=O) groups excluding carboxylic acids is 2. The first-order valence-corrected chi connectivity index (χ1v) is 15.5. The Morgan fingerprint density at radius 3 is 2.56 bits per heavy atom. The molecule has 2 saturated heterocycles. The van der Waals surface area contributed by atoms with Gasteiger partial charge < -0.3 is 19.6 Å². The molecule has 0 aliphatic carbocycles. The number of carbonyl (C=O) groups is 3. The molecule has 2 aromatic heterocycles. The minimum absolute atomic E-state index is 0.0864. The Morgan fingerprint density at radius 1 is 1.20 bits per heavy atom. The molecule has 0 radical (unpaired) electrons. The molecular weight excluding hydrogens is 631 g/mol. The van der Waals surface area contributed by atoms with Crippen LogP contribution in [0, 0.1) is 5.92 Å². The first kappa shape index (κ1) is 29.7. The van der Waals surface area contributed by atoms with Crippen molar-refractivity contribution in [2.75, 3.05) is 36.5 Å². The highest BCUT2D eigenvalue weighted by Gasteiger charge is 2.44. The van der Waals surface area contributed by atoms with Crippen LogP contribution in [0.2, 0.25) is 15.1 Å². The monoisotopic (exact) mass is 654 g/mol. The summed E-state index contributed by atoms with van der Waals surface area (Å²) >= 11 is 21.9. The topological polar surface area (TPSA) is 112 Å². The lowest BCUT2D eigenvalue weighted by atomic mass is 10.1. The normalized spacial score (nSPS) is 18.5. The lowest BCUT2D eigenvalue weighted by molar-refractivity contribution is -0.138. The fourth-order valence-electron chi connectivity index (χ4n) is 5.09. The van der Waals surface area contributed by atoms with Gasteiger partial charge in [-0.3, -0.25) is 10.1 Å². The molecule has 14 heteroatoms. The molecule has 2 aliphatic heterocycles. The molecule has 4 heterocycles. The van der Waals surface area contributed by atoms with Gasteiger partial charge in [0.15, 0.2) is 5.13 Å². The summed E-state index contributed by atoms with van der Waals surface area (Å²) in [5.41, 5.74) is 1.62. The van der Waals surface area contributed by atoms with E-state index >= 15 is 0 Å². The van der Waals surface area contributed by atoms with E-state index in [9.17, 15) is 19.5 Å². The fourth-order valence-corrected chi connectivity index (χ4v) is 7.80. The summed E-state index contributed by atoms with van der Waals surface area (Å²) in [6.45, 7) is 5.33. The lowest BCUT2D eigenvalue weighted by Gasteiger charge is -2.22. The van der Waals surface area contributed by atoms with Crippen LogP contribution in [0.15, 0.2) is 29.2 Å². The number of hydrogen-bond donors (Lipinski definition) is 2. The summed E-state index contributed by atoms with van der Waals surface area (Å²) < 4.78 is 5.00. The summed E-state index contributed by atoms with van der Waals surface area (Å²) in [7, 11) is 0. The van der Waals surface area contributed by atoms with Gasteiger partial charge in [-0.05, 0) is 44.5 Å². The number of anilines is 2. The number of aromatic nitrogens is 1. The largest absolute Gasteiger partial charge is 0.465 e. The van der Waals surface area contributed by atoms with Crippen LogP contribution in [0.5, 0.6) is 0 Å². The van der Waals surface area contributed by atoms with Crippen LogP contribution in [-0.4, -0.2) is 65.2 Å². The van der Waals surface area contributed by atoms with E-state index in [-0.39, 0.29) is 34.2 Å². The van der Waals surface area contributed by atoms with Crippen molar-refractivity contribution < 1.29 is 24.2 Å². The molecule has 0 spiro atoms. The Hall–Kier alpha value is -2.83. The van der Waals surface area contributed by atoms with Crippen LogP contribution in [-0.2, 0) is 9.53 Å². The second kappa shape index (κ2) is 12.2. The van der Waals surface area contributed by atoms with Crippen molar-refractivity contribution in [3.8, 4) is 10.6 Å². The molecule has 9 nitrogen and oxygen atoms in total. The highest BCUT2D eigenvalue weighted by molar-refractivity contribution is 7.21. The Kier molecular flexibility index (Phi) is 8.81. The number of rotatable bonds is 7. The molecule has 41 heavy (non-hydrogen) atoms. The number of esters is 1. The molecule has 5 rings (SSSR count). The maximum atomic E-state index is 13.3. The molecule has 0 saturated carbocycles. The van der Waals surface area contributed by atoms with E-state index in [0.717, 1.165) is 16.3 Å². The van der Waals surface area contributed by atoms with E-state index < -0.39 is 18.0 Å². The second-order valence-electron chi connectivity index (χ2n) is 9.65. The quantitative estimate of drug-likeness (QED) is 0.204. The Labute approximate surface area is 259 Å². The molecular formula is C27H25Cl3N4O5S2. The lowest BCUT2D eigenvalue weighted by Crippen LogP contribution is -2.38. The van der Waals surface area contributed by atoms with Gasteiger partial charge in [-0.15, -0.1) is 11.3 Å². The summed E-state index contributed by atoms with van der Waals surface area (Å²) in [4.78, 5) is 46.2. The number of ether oxygens (including phenoxy) is 1. The predicted octanol–water partition coefficient (Wildman–Crippen LogP) is 7.24. The van der Waals surface area contributed by atoms with E-state index in [1.165, 1.54) is 45.8 Å². The average Bonchev–Trinajstić information content (AvgIpc) is 3.69. The molecule has 3 aromatic rings. The summed E-state index contributed by atoms with van der Waals surface area (Å²) in [6.07, 6.45) is 1.42. The molecule has 2 N–H and O–H groups in total. The SMILES string of the molecule is CCOC(=O)/C(C)=C/c1c(Cl)cc(C(=O)Nc2nc(-c3cc(Cl)cs3)c(N3CC4CCN(C(=O)O)C4C3)s2)cc1Cl. The first-order chi connectivity index (χ1) is 19.5. The molecule has 2 aliphatic rings. The number of nitrogens with one attached hydrogen (secondary N) is 1. The van der Waals surface area contributed by atoms with Gasteiger partial charge in [0.1, 0.15) is 10.7 Å². The Balaban J connectivity index is 1.40. The second-order valence-corrected chi connectivity index (χ2v) is 12.8. The van der Waals surface area contributed by atoms with Crippen LogP contribution >= 0.6 is 57.5 Å². The third kappa shape index (κ3) is 6.19. The van der Waals surface area contributed by atoms with Gasteiger partial charge in [0.25, 0.3) is 5.91 Å². The number of halogens is 3. The van der Waals surface area contributed by atoms with Crippen molar-refractivity contribution in [2.24, 2.45) is 5.92 Å². The number of carboxylic acid groups (broad SMARTS) is 1. The number of likely N-dealkylation sites (tertiary alicyclic amines) is 1. The highest BCUT2D eigenvalue weighted by atomic mass is 35.5. The van der Waals surface area contributed by atoms with Crippen LogP contribution in [0.4, 0.5) is 14.9 Å². The fraction of sp³-hybridized carbons (Fsp3) is 0.333. The van der Waals surface area contributed by atoms with Crippen molar-refractivity contribution in [2.45, 2.75) is 26.3 Å². The number of nitrogens with zero attached hydrogens (tertiary/aromatic N) is 3. The summed E-state index contributed by atoms with van der Waals surface area (Å²) in [6, 6.07) is 4.69. The van der Waals surface area contributed by atoms with E-state index in [1.54, 1.807) is 13.8 Å². The van der Waals surface area contributed by atoms with E-state index in [2.05, 4.69) is 10.2 Å². The average molecular weight is 656 g/mol. The molecule has 2 atom stereocenters. The first-order valence-electron chi connectivity index (χ1n) is 12.7. The zero-order valence-electron chi connectivity index (χ0n) is 21.9.